The first kappa shape index (κ1) is 13.5. The van der Waals surface area contributed by atoms with E-state index in [1.54, 1.807) is 0 Å². The molecule has 0 bridgehead atoms. The van der Waals surface area contributed by atoms with Crippen LogP contribution in [0.3, 0.4) is 0 Å². The Hall–Kier alpha value is -1.88. The second-order valence-corrected chi connectivity index (χ2v) is 4.45. The van der Waals surface area contributed by atoms with Crippen LogP contribution in [0.2, 0.25) is 0 Å². The van der Waals surface area contributed by atoms with Gasteiger partial charge >= 0.3 is 0 Å². The van der Waals surface area contributed by atoms with Crippen LogP contribution >= 0.6 is 0 Å². The van der Waals surface area contributed by atoms with Crippen molar-refractivity contribution in [2.45, 2.75) is 40.4 Å². The molecule has 0 aliphatic carbocycles. The highest BCUT2D eigenvalue weighted by molar-refractivity contribution is 5.43. The van der Waals surface area contributed by atoms with Crippen molar-refractivity contribution in [2.75, 3.05) is 0 Å². The van der Waals surface area contributed by atoms with Crippen LogP contribution in [0.15, 0.2) is 16.5 Å². The monoisotopic (exact) mass is 262 g/mol. The van der Waals surface area contributed by atoms with Gasteiger partial charge in [-0.05, 0) is 30.5 Å². The Morgan fingerprint density at radius 2 is 1.79 bits per heavy atom. The molecule has 2 aromatic rings. The quantitative estimate of drug-likeness (QED) is 0.895. The third-order valence-electron chi connectivity index (χ3n) is 2.85. The van der Waals surface area contributed by atoms with Gasteiger partial charge in [-0.15, -0.1) is 10.2 Å². The van der Waals surface area contributed by atoms with Gasteiger partial charge in [-0.25, -0.2) is 0 Å². The average Bonchev–Trinajstić information content (AvgIpc) is 2.85. The van der Waals surface area contributed by atoms with Crippen LogP contribution in [0.1, 0.15) is 35.4 Å². The number of nitrogens with zero attached hydrogens (tertiary/aromatic N) is 2. The zero-order valence-corrected chi connectivity index (χ0v) is 11.4. The van der Waals surface area contributed by atoms with Gasteiger partial charge in [0.2, 0.25) is 5.89 Å². The maximum Gasteiger partial charge on any atom is 0.253 e. The predicted molar refractivity (Wildman–Crippen MR) is 69.8 cm³/mol. The van der Waals surface area contributed by atoms with E-state index in [0.29, 0.717) is 11.8 Å². The smallest absolute Gasteiger partial charge is 0.253 e. The molecular weight excluding hydrogens is 244 g/mol. The summed E-state index contributed by atoms with van der Waals surface area (Å²) < 4.78 is 11.1. The topological polar surface area (TPSA) is 68.4 Å². The zero-order valence-electron chi connectivity index (χ0n) is 11.4. The van der Waals surface area contributed by atoms with Crippen molar-refractivity contribution in [2.24, 2.45) is 0 Å². The summed E-state index contributed by atoms with van der Waals surface area (Å²) in [4.78, 5) is 0. The molecule has 0 aliphatic heterocycles. The number of aromatic nitrogens is 2. The average molecular weight is 262 g/mol. The number of hydrogen-bond donors (Lipinski definition) is 1. The summed E-state index contributed by atoms with van der Waals surface area (Å²) in [6.45, 7) is 6.15. The Morgan fingerprint density at radius 3 is 2.32 bits per heavy atom. The highest BCUT2D eigenvalue weighted by Gasteiger charge is 2.09. The highest BCUT2D eigenvalue weighted by atomic mass is 16.5. The van der Waals surface area contributed by atoms with E-state index in [-0.39, 0.29) is 13.2 Å². The Morgan fingerprint density at radius 1 is 1.16 bits per heavy atom. The summed E-state index contributed by atoms with van der Waals surface area (Å²) >= 11 is 0. The number of aryl methyl sites for hydroxylation is 3. The number of aliphatic hydroxyl groups is 1. The van der Waals surface area contributed by atoms with Crippen molar-refractivity contribution < 1.29 is 14.3 Å². The fourth-order valence-corrected chi connectivity index (χ4v) is 1.98. The maximum absolute atomic E-state index is 9.14. The minimum atomic E-state index is 0.0332. The number of rotatable bonds is 5. The summed E-state index contributed by atoms with van der Waals surface area (Å²) in [5.41, 5.74) is 2.85. The number of hydrogen-bond acceptors (Lipinski definition) is 5. The van der Waals surface area contributed by atoms with Crippen molar-refractivity contribution in [1.82, 2.24) is 10.2 Å². The summed E-state index contributed by atoms with van der Waals surface area (Å²) in [6, 6.07) is 3.82. The van der Waals surface area contributed by atoms with Crippen molar-refractivity contribution in [3.05, 3.63) is 40.6 Å². The summed E-state index contributed by atoms with van der Waals surface area (Å²) in [5, 5.41) is 16.9. The molecule has 5 heteroatoms. The van der Waals surface area contributed by atoms with Gasteiger partial charge in [-0.3, -0.25) is 0 Å². The van der Waals surface area contributed by atoms with Gasteiger partial charge in [0.05, 0.1) is 6.61 Å². The van der Waals surface area contributed by atoms with E-state index in [1.165, 1.54) is 0 Å². The van der Waals surface area contributed by atoms with Crippen molar-refractivity contribution >= 4 is 0 Å². The van der Waals surface area contributed by atoms with E-state index in [2.05, 4.69) is 10.2 Å². The first-order valence-electron chi connectivity index (χ1n) is 6.29. The third kappa shape index (κ3) is 3.12. The Labute approximate surface area is 112 Å². The van der Waals surface area contributed by atoms with E-state index in [4.69, 9.17) is 14.3 Å². The van der Waals surface area contributed by atoms with Crippen molar-refractivity contribution in [3.8, 4) is 5.75 Å². The summed E-state index contributed by atoms with van der Waals surface area (Å²) in [6.07, 6.45) is 0.719. The van der Waals surface area contributed by atoms with Crippen LogP contribution in [0.25, 0.3) is 0 Å². The van der Waals surface area contributed by atoms with E-state index in [9.17, 15) is 0 Å². The van der Waals surface area contributed by atoms with Crippen molar-refractivity contribution in [3.63, 3.8) is 0 Å². The normalized spacial score (nSPS) is 10.7. The molecule has 0 saturated heterocycles. The van der Waals surface area contributed by atoms with Crippen LogP contribution in [0.5, 0.6) is 5.75 Å². The Kier molecular flexibility index (Phi) is 4.16. The lowest BCUT2D eigenvalue weighted by molar-refractivity contribution is 0.255. The van der Waals surface area contributed by atoms with Crippen molar-refractivity contribution in [1.29, 1.82) is 0 Å². The second kappa shape index (κ2) is 5.84. The molecule has 0 radical (unpaired) electrons. The standard InChI is InChI=1S/C14H18N2O3/c1-4-12-15-16-13(19-12)8-18-14-9(2)5-11(7-17)6-10(14)3/h5-6,17H,4,7-8H2,1-3H3. The first-order chi connectivity index (χ1) is 9.13. The van der Waals surface area contributed by atoms with Gasteiger partial charge in [-0.1, -0.05) is 19.1 Å². The molecule has 1 heterocycles. The highest BCUT2D eigenvalue weighted by Crippen LogP contribution is 2.25. The van der Waals surface area contributed by atoms with Gasteiger partial charge in [0, 0.05) is 6.42 Å². The van der Waals surface area contributed by atoms with Crippen LogP contribution in [-0.2, 0) is 19.6 Å². The predicted octanol–water partition coefficient (Wildman–Crippen LogP) is 2.32. The molecular formula is C14H18N2O3. The minimum absolute atomic E-state index is 0.0332. The molecule has 0 saturated carbocycles. The molecule has 0 spiro atoms. The molecule has 19 heavy (non-hydrogen) atoms. The maximum atomic E-state index is 9.14. The Bertz CT molecular complexity index is 541. The molecule has 0 atom stereocenters. The van der Waals surface area contributed by atoms with E-state index in [0.717, 1.165) is 28.9 Å². The molecule has 2 rings (SSSR count). The SMILES string of the molecule is CCc1nnc(COc2c(C)cc(CO)cc2C)o1. The second-order valence-electron chi connectivity index (χ2n) is 4.45. The number of ether oxygens (including phenoxy) is 1. The van der Waals surface area contributed by atoms with Gasteiger partial charge in [0.25, 0.3) is 5.89 Å². The van der Waals surface area contributed by atoms with E-state index < -0.39 is 0 Å². The molecule has 0 amide bonds. The fraction of sp³-hybridized carbons (Fsp3) is 0.429. The van der Waals surface area contributed by atoms with Gasteiger partial charge < -0.3 is 14.3 Å². The molecule has 5 nitrogen and oxygen atoms in total. The van der Waals surface area contributed by atoms with Gasteiger partial charge in [-0.2, -0.15) is 0 Å². The minimum Gasteiger partial charge on any atom is -0.483 e. The van der Waals surface area contributed by atoms with Crippen LogP contribution < -0.4 is 4.74 Å². The molecule has 0 unspecified atom stereocenters. The molecule has 1 aromatic carbocycles. The number of aliphatic hydroxyl groups excluding tert-OH is 1. The van der Waals surface area contributed by atoms with Gasteiger partial charge in [0.15, 0.2) is 6.61 Å². The van der Waals surface area contributed by atoms with Crippen LogP contribution in [0, 0.1) is 13.8 Å². The third-order valence-corrected chi connectivity index (χ3v) is 2.85. The van der Waals surface area contributed by atoms with Crippen LogP contribution in [-0.4, -0.2) is 15.3 Å². The summed E-state index contributed by atoms with van der Waals surface area (Å²) in [7, 11) is 0. The summed E-state index contributed by atoms with van der Waals surface area (Å²) in [5.74, 6) is 1.89. The molecule has 1 aromatic heterocycles. The Balaban J connectivity index is 2.11. The van der Waals surface area contributed by atoms with Crippen LogP contribution in [0.4, 0.5) is 0 Å². The molecule has 0 fully saturated rings. The largest absolute Gasteiger partial charge is 0.483 e. The lowest BCUT2D eigenvalue weighted by Gasteiger charge is -2.12. The van der Waals surface area contributed by atoms with E-state index >= 15 is 0 Å². The number of benzene rings is 1. The lowest BCUT2D eigenvalue weighted by Crippen LogP contribution is -2.00. The molecule has 1 N–H and O–H groups in total. The lowest BCUT2D eigenvalue weighted by atomic mass is 10.1. The van der Waals surface area contributed by atoms with E-state index in [1.807, 2.05) is 32.9 Å². The fourth-order valence-electron chi connectivity index (χ4n) is 1.98. The molecule has 0 aliphatic rings. The first-order valence-corrected chi connectivity index (χ1v) is 6.29. The van der Waals surface area contributed by atoms with Gasteiger partial charge in [0.1, 0.15) is 5.75 Å². The zero-order chi connectivity index (χ0) is 13.8. The molecule has 102 valence electrons.